The van der Waals surface area contributed by atoms with Gasteiger partial charge in [0.25, 0.3) is 0 Å². The summed E-state index contributed by atoms with van der Waals surface area (Å²) in [6.45, 7) is 2.04. The van der Waals surface area contributed by atoms with E-state index in [-0.39, 0.29) is 6.42 Å². The van der Waals surface area contributed by atoms with E-state index in [0.717, 1.165) is 25.6 Å². The first-order valence-corrected chi connectivity index (χ1v) is 7.98. The summed E-state index contributed by atoms with van der Waals surface area (Å²) < 4.78 is 2.83. The first-order chi connectivity index (χ1) is 10.0. The Balaban J connectivity index is 2.03. The number of carboxylic acid groups (broad SMARTS) is 1. The number of hydrogen-bond acceptors (Lipinski definition) is 4. The second-order valence-corrected chi connectivity index (χ2v) is 6.73. The van der Waals surface area contributed by atoms with Crippen LogP contribution in [0.5, 0.6) is 0 Å². The Bertz CT molecular complexity index is 808. The Labute approximate surface area is 133 Å². The smallest absolute Gasteiger partial charge is 0.303 e. The van der Waals surface area contributed by atoms with Crippen LogP contribution in [-0.2, 0) is 11.2 Å². The van der Waals surface area contributed by atoms with Gasteiger partial charge >= 0.3 is 5.97 Å². The van der Waals surface area contributed by atoms with Crippen molar-refractivity contribution in [2.24, 2.45) is 0 Å². The van der Waals surface area contributed by atoms with Crippen molar-refractivity contribution in [3.63, 3.8) is 0 Å². The molecule has 0 aliphatic rings. The van der Waals surface area contributed by atoms with Crippen molar-refractivity contribution in [2.45, 2.75) is 19.8 Å². The van der Waals surface area contributed by atoms with Crippen LogP contribution in [0.25, 0.3) is 16.2 Å². The molecular formula is C14H12BrN3O2S. The number of benzene rings is 1. The van der Waals surface area contributed by atoms with Gasteiger partial charge in [0.2, 0.25) is 4.96 Å². The van der Waals surface area contributed by atoms with Gasteiger partial charge in [-0.15, -0.1) is 5.10 Å². The van der Waals surface area contributed by atoms with Crippen LogP contribution in [0.4, 0.5) is 0 Å². The minimum absolute atomic E-state index is 0.0461. The van der Waals surface area contributed by atoms with Crippen molar-refractivity contribution >= 4 is 38.2 Å². The maximum Gasteiger partial charge on any atom is 0.303 e. The van der Waals surface area contributed by atoms with Crippen LogP contribution in [0.15, 0.2) is 28.7 Å². The van der Waals surface area contributed by atoms with Crippen molar-refractivity contribution in [1.29, 1.82) is 0 Å². The summed E-state index contributed by atoms with van der Waals surface area (Å²) in [5.74, 6) is -0.264. The lowest BCUT2D eigenvalue weighted by Gasteiger charge is -2.01. The Morgan fingerprint density at radius 1 is 1.38 bits per heavy atom. The Hall–Kier alpha value is -1.73. The first kappa shape index (κ1) is 14.2. The zero-order valence-corrected chi connectivity index (χ0v) is 13.6. The fourth-order valence-corrected chi connectivity index (χ4v) is 3.35. The minimum atomic E-state index is -0.836. The highest BCUT2D eigenvalue weighted by Crippen LogP contribution is 2.31. The zero-order valence-electron chi connectivity index (χ0n) is 11.2. The van der Waals surface area contributed by atoms with Crippen LogP contribution in [0.1, 0.15) is 17.1 Å². The highest BCUT2D eigenvalue weighted by atomic mass is 79.9. The molecule has 0 atom stereocenters. The number of nitrogens with zero attached hydrogens (tertiary/aromatic N) is 3. The molecule has 21 heavy (non-hydrogen) atoms. The van der Waals surface area contributed by atoms with Crippen LogP contribution in [0.3, 0.4) is 0 Å². The summed E-state index contributed by atoms with van der Waals surface area (Å²) in [6.07, 6.45) is 0.396. The quantitative estimate of drug-likeness (QED) is 0.767. The van der Waals surface area contributed by atoms with Crippen LogP contribution >= 0.6 is 27.3 Å². The largest absolute Gasteiger partial charge is 0.481 e. The van der Waals surface area contributed by atoms with E-state index >= 15 is 0 Å². The maximum absolute atomic E-state index is 10.6. The molecule has 0 unspecified atom stereocenters. The monoisotopic (exact) mass is 365 g/mol. The van der Waals surface area contributed by atoms with Gasteiger partial charge in [0.1, 0.15) is 0 Å². The number of aryl methyl sites for hydroxylation is 2. The van der Waals surface area contributed by atoms with Gasteiger partial charge in [-0.05, 0) is 19.1 Å². The predicted octanol–water partition coefficient (Wildman–Crippen LogP) is 3.55. The average molecular weight is 366 g/mol. The predicted molar refractivity (Wildman–Crippen MR) is 84.7 cm³/mol. The second-order valence-electron chi connectivity index (χ2n) is 4.63. The van der Waals surface area contributed by atoms with E-state index in [1.54, 1.807) is 15.9 Å². The van der Waals surface area contributed by atoms with Gasteiger partial charge in [-0.25, -0.2) is 9.50 Å². The van der Waals surface area contributed by atoms with Gasteiger partial charge in [-0.2, -0.15) is 0 Å². The molecule has 1 aromatic carbocycles. The summed E-state index contributed by atoms with van der Waals surface area (Å²) in [4.78, 5) is 17.0. The van der Waals surface area contributed by atoms with Gasteiger partial charge in [0.15, 0.2) is 5.82 Å². The number of aromatic nitrogens is 3. The normalized spacial score (nSPS) is 11.1. The van der Waals surface area contributed by atoms with E-state index in [1.165, 1.54) is 0 Å². The molecule has 0 aliphatic carbocycles. The number of thiazole rings is 1. The van der Waals surface area contributed by atoms with Gasteiger partial charge in [-0.1, -0.05) is 39.4 Å². The zero-order chi connectivity index (χ0) is 15.0. The van der Waals surface area contributed by atoms with E-state index < -0.39 is 5.97 Å². The molecule has 1 N–H and O–H groups in total. The summed E-state index contributed by atoms with van der Waals surface area (Å²) in [6, 6.07) is 8.02. The van der Waals surface area contributed by atoms with Crippen LogP contribution in [0, 0.1) is 6.92 Å². The SMILES string of the molecule is Cc1sc2nc(CCC(=O)O)nn2c1-c1ccc(Br)cc1. The van der Waals surface area contributed by atoms with E-state index in [1.807, 2.05) is 31.2 Å². The van der Waals surface area contributed by atoms with Gasteiger partial charge in [0, 0.05) is 21.3 Å². The molecule has 2 aromatic heterocycles. The second kappa shape index (κ2) is 5.57. The molecule has 0 radical (unpaired) electrons. The third-order valence-electron chi connectivity index (χ3n) is 3.09. The number of carboxylic acids is 1. The number of carbonyl (C=O) groups is 1. The van der Waals surface area contributed by atoms with E-state index in [4.69, 9.17) is 5.11 Å². The average Bonchev–Trinajstić information content (AvgIpc) is 2.94. The summed E-state index contributed by atoms with van der Waals surface area (Å²) in [7, 11) is 0. The molecule has 0 saturated carbocycles. The molecule has 0 aliphatic heterocycles. The summed E-state index contributed by atoms with van der Waals surface area (Å²) in [5, 5.41) is 13.2. The molecule has 108 valence electrons. The third kappa shape index (κ3) is 2.84. The molecule has 0 bridgehead atoms. The maximum atomic E-state index is 10.6. The van der Waals surface area contributed by atoms with E-state index in [2.05, 4.69) is 26.0 Å². The molecule has 0 fully saturated rings. The van der Waals surface area contributed by atoms with Gasteiger partial charge in [0.05, 0.1) is 12.1 Å². The molecule has 0 spiro atoms. The lowest BCUT2D eigenvalue weighted by atomic mass is 10.1. The van der Waals surface area contributed by atoms with Crippen LogP contribution < -0.4 is 0 Å². The van der Waals surface area contributed by atoms with Crippen molar-refractivity contribution < 1.29 is 9.90 Å². The number of halogens is 1. The standard InChI is InChI=1S/C14H12BrN3O2S/c1-8-13(9-2-4-10(15)5-3-9)18-14(21-8)16-11(17-18)6-7-12(19)20/h2-5H,6-7H2,1H3,(H,19,20). The number of fused-ring (bicyclic) bond motifs is 1. The van der Waals surface area contributed by atoms with Crippen molar-refractivity contribution in [3.05, 3.63) is 39.4 Å². The minimum Gasteiger partial charge on any atom is -0.481 e. The Kier molecular flexibility index (Phi) is 3.77. The van der Waals surface area contributed by atoms with Crippen LogP contribution in [0.2, 0.25) is 0 Å². The van der Waals surface area contributed by atoms with E-state index in [9.17, 15) is 4.79 Å². The highest BCUT2D eigenvalue weighted by molar-refractivity contribution is 9.10. The van der Waals surface area contributed by atoms with Gasteiger partial charge < -0.3 is 5.11 Å². The third-order valence-corrected chi connectivity index (χ3v) is 4.57. The summed E-state index contributed by atoms with van der Waals surface area (Å²) >= 11 is 4.99. The molecule has 2 heterocycles. The molecule has 3 aromatic rings. The number of rotatable bonds is 4. The van der Waals surface area contributed by atoms with Crippen molar-refractivity contribution in [2.75, 3.05) is 0 Å². The molecule has 0 saturated heterocycles. The highest BCUT2D eigenvalue weighted by Gasteiger charge is 2.15. The van der Waals surface area contributed by atoms with E-state index in [0.29, 0.717) is 12.2 Å². The molecule has 5 nitrogen and oxygen atoms in total. The fraction of sp³-hybridized carbons (Fsp3) is 0.214. The number of hydrogen-bond donors (Lipinski definition) is 1. The van der Waals surface area contributed by atoms with Gasteiger partial charge in [-0.3, -0.25) is 4.79 Å². The van der Waals surface area contributed by atoms with Crippen molar-refractivity contribution in [1.82, 2.24) is 14.6 Å². The van der Waals surface area contributed by atoms with Crippen LogP contribution in [-0.4, -0.2) is 25.7 Å². The van der Waals surface area contributed by atoms with Crippen molar-refractivity contribution in [3.8, 4) is 11.3 Å². The topological polar surface area (TPSA) is 67.5 Å². The molecule has 0 amide bonds. The lowest BCUT2D eigenvalue weighted by molar-refractivity contribution is -0.137. The molecule has 3 rings (SSSR count). The Morgan fingerprint density at radius 2 is 2.10 bits per heavy atom. The number of aliphatic carboxylic acids is 1. The first-order valence-electron chi connectivity index (χ1n) is 6.37. The Morgan fingerprint density at radius 3 is 2.76 bits per heavy atom. The molecular weight excluding hydrogens is 354 g/mol. The lowest BCUT2D eigenvalue weighted by Crippen LogP contribution is -1.99. The molecule has 7 heteroatoms. The summed E-state index contributed by atoms with van der Waals surface area (Å²) in [5.41, 5.74) is 2.08. The fourth-order valence-electron chi connectivity index (χ4n) is 2.14.